The van der Waals surface area contributed by atoms with E-state index in [1.807, 2.05) is 6.07 Å². The van der Waals surface area contributed by atoms with E-state index in [0.717, 1.165) is 22.4 Å². The van der Waals surface area contributed by atoms with Crippen molar-refractivity contribution < 1.29 is 14.3 Å². The van der Waals surface area contributed by atoms with Crippen molar-refractivity contribution in [2.24, 2.45) is 0 Å². The summed E-state index contributed by atoms with van der Waals surface area (Å²) >= 11 is 0. The molecule has 2 aromatic carbocycles. The van der Waals surface area contributed by atoms with E-state index in [1.165, 1.54) is 5.56 Å². The molecule has 0 fully saturated rings. The Morgan fingerprint density at radius 2 is 1.91 bits per heavy atom. The summed E-state index contributed by atoms with van der Waals surface area (Å²) in [7, 11) is 1.64. The molecule has 0 aliphatic carbocycles. The first-order valence-corrected chi connectivity index (χ1v) is 7.74. The zero-order chi connectivity index (χ0) is 16.4. The molecule has 23 heavy (non-hydrogen) atoms. The van der Waals surface area contributed by atoms with Crippen molar-refractivity contribution in [3.63, 3.8) is 0 Å². The van der Waals surface area contributed by atoms with E-state index in [9.17, 15) is 4.79 Å². The Kier molecular flexibility index (Phi) is 4.24. The molecular formula is C19H21NO3. The lowest BCUT2D eigenvalue weighted by Gasteiger charge is -2.18. The van der Waals surface area contributed by atoms with Crippen molar-refractivity contribution in [1.29, 1.82) is 0 Å². The van der Waals surface area contributed by atoms with Gasteiger partial charge >= 0.3 is 0 Å². The number of fused-ring (bicyclic) bond motifs is 1. The number of carbonyl (C=O) groups excluding carboxylic acids is 1. The Bertz CT molecular complexity index is 722. The molecule has 0 saturated heterocycles. The van der Waals surface area contributed by atoms with Gasteiger partial charge in [0, 0.05) is 19.0 Å². The highest BCUT2D eigenvalue weighted by Crippen LogP contribution is 2.38. The summed E-state index contributed by atoms with van der Waals surface area (Å²) in [6.45, 7) is 5.27. The summed E-state index contributed by atoms with van der Waals surface area (Å²) in [5.74, 6) is 1.51. The fraction of sp³-hybridized carbons (Fsp3) is 0.316. The maximum atomic E-state index is 11.7. The number of ether oxygens (including phenoxy) is 2. The summed E-state index contributed by atoms with van der Waals surface area (Å²) in [4.78, 5) is 13.5. The first-order chi connectivity index (χ1) is 11.1. The summed E-state index contributed by atoms with van der Waals surface area (Å²) in [5, 5.41) is 0. The third-order valence-electron chi connectivity index (χ3n) is 4.15. The molecule has 0 bridgehead atoms. The molecule has 0 spiro atoms. The third-order valence-corrected chi connectivity index (χ3v) is 4.15. The van der Waals surface area contributed by atoms with Gasteiger partial charge in [-0.05, 0) is 30.2 Å². The molecule has 4 nitrogen and oxygen atoms in total. The average molecular weight is 311 g/mol. The summed E-state index contributed by atoms with van der Waals surface area (Å²) in [6.07, 6.45) is 0. The highest BCUT2D eigenvalue weighted by molar-refractivity contribution is 5.74. The number of amides is 1. The molecule has 0 N–H and O–H groups in total. The van der Waals surface area contributed by atoms with E-state index in [1.54, 1.807) is 18.9 Å². The third kappa shape index (κ3) is 3.16. The number of hydrogen-bond acceptors (Lipinski definition) is 3. The molecule has 0 unspecified atom stereocenters. The number of methoxy groups -OCH3 is 1. The minimum absolute atomic E-state index is 0.0566. The van der Waals surface area contributed by atoms with E-state index in [0.29, 0.717) is 25.4 Å². The molecule has 0 atom stereocenters. The van der Waals surface area contributed by atoms with Gasteiger partial charge in [0.1, 0.15) is 6.61 Å². The van der Waals surface area contributed by atoms with Gasteiger partial charge in [-0.25, -0.2) is 0 Å². The van der Waals surface area contributed by atoms with E-state index >= 15 is 0 Å². The van der Waals surface area contributed by atoms with Crippen molar-refractivity contribution in [1.82, 2.24) is 4.90 Å². The lowest BCUT2D eigenvalue weighted by atomic mass is 10.0. The predicted molar refractivity (Wildman–Crippen MR) is 89.8 cm³/mol. The smallest absolute Gasteiger partial charge is 0.219 e. The van der Waals surface area contributed by atoms with Crippen molar-refractivity contribution >= 4 is 5.91 Å². The SMILES string of the molecule is COc1cc(-c2ccc(C)cc2)cc2c1OCCN(C(C)=O)C2. The second-order valence-corrected chi connectivity index (χ2v) is 5.82. The van der Waals surface area contributed by atoms with E-state index in [2.05, 4.69) is 37.3 Å². The van der Waals surface area contributed by atoms with Crippen LogP contribution in [0.15, 0.2) is 36.4 Å². The van der Waals surface area contributed by atoms with Gasteiger partial charge in [-0.1, -0.05) is 29.8 Å². The number of rotatable bonds is 2. The van der Waals surface area contributed by atoms with Gasteiger partial charge in [0.2, 0.25) is 5.91 Å². The molecule has 3 rings (SSSR count). The highest BCUT2D eigenvalue weighted by Gasteiger charge is 2.21. The van der Waals surface area contributed by atoms with Crippen molar-refractivity contribution in [3.05, 3.63) is 47.5 Å². The normalized spacial score (nSPS) is 13.8. The lowest BCUT2D eigenvalue weighted by Crippen LogP contribution is -2.30. The zero-order valence-corrected chi connectivity index (χ0v) is 13.8. The fourth-order valence-corrected chi connectivity index (χ4v) is 2.82. The Balaban J connectivity index is 2.07. The first kappa shape index (κ1) is 15.4. The molecule has 1 heterocycles. The van der Waals surface area contributed by atoms with Crippen molar-refractivity contribution in [2.75, 3.05) is 20.3 Å². The van der Waals surface area contributed by atoms with Crippen LogP contribution >= 0.6 is 0 Å². The molecule has 0 aromatic heterocycles. The molecule has 1 aliphatic rings. The van der Waals surface area contributed by atoms with Crippen LogP contribution in [0.25, 0.3) is 11.1 Å². The molecule has 0 saturated carbocycles. The van der Waals surface area contributed by atoms with Crippen molar-refractivity contribution in [2.45, 2.75) is 20.4 Å². The molecule has 1 amide bonds. The van der Waals surface area contributed by atoms with Gasteiger partial charge in [-0.15, -0.1) is 0 Å². The van der Waals surface area contributed by atoms with Crippen molar-refractivity contribution in [3.8, 4) is 22.6 Å². The van der Waals surface area contributed by atoms with Crippen LogP contribution in [0.3, 0.4) is 0 Å². The molecular weight excluding hydrogens is 290 g/mol. The van der Waals surface area contributed by atoms with Gasteiger partial charge in [-0.3, -0.25) is 4.79 Å². The number of aryl methyl sites for hydroxylation is 1. The van der Waals surface area contributed by atoms with Gasteiger partial charge in [0.25, 0.3) is 0 Å². The van der Waals surface area contributed by atoms with Crippen LogP contribution in [0.5, 0.6) is 11.5 Å². The summed E-state index contributed by atoms with van der Waals surface area (Å²) in [5.41, 5.74) is 4.39. The van der Waals surface area contributed by atoms with Gasteiger partial charge in [-0.2, -0.15) is 0 Å². The average Bonchev–Trinajstić information content (AvgIpc) is 2.77. The maximum Gasteiger partial charge on any atom is 0.219 e. The molecule has 2 aromatic rings. The summed E-state index contributed by atoms with van der Waals surface area (Å²) in [6, 6.07) is 12.4. The Hall–Kier alpha value is -2.49. The topological polar surface area (TPSA) is 38.8 Å². The standard InChI is InChI=1S/C19H21NO3/c1-13-4-6-15(7-5-13)16-10-17-12-20(14(2)21)8-9-23-19(17)18(11-16)22-3/h4-7,10-11H,8-9,12H2,1-3H3. The lowest BCUT2D eigenvalue weighted by molar-refractivity contribution is -0.129. The number of benzene rings is 2. The second-order valence-electron chi connectivity index (χ2n) is 5.82. The maximum absolute atomic E-state index is 11.7. The minimum atomic E-state index is 0.0566. The minimum Gasteiger partial charge on any atom is -0.493 e. The van der Waals surface area contributed by atoms with Gasteiger partial charge in [0.05, 0.1) is 13.7 Å². The first-order valence-electron chi connectivity index (χ1n) is 7.74. The van der Waals surface area contributed by atoms with Crippen LogP contribution < -0.4 is 9.47 Å². The molecule has 120 valence electrons. The monoisotopic (exact) mass is 311 g/mol. The zero-order valence-electron chi connectivity index (χ0n) is 13.8. The number of nitrogens with zero attached hydrogens (tertiary/aromatic N) is 1. The summed E-state index contributed by atoms with van der Waals surface area (Å²) < 4.78 is 11.4. The molecule has 1 aliphatic heterocycles. The number of carbonyl (C=O) groups is 1. The van der Waals surface area contributed by atoms with Crippen LogP contribution in [0, 0.1) is 6.92 Å². The van der Waals surface area contributed by atoms with Crippen LogP contribution in [0.1, 0.15) is 18.1 Å². The predicted octanol–water partition coefficient (Wildman–Crippen LogP) is 3.41. The quantitative estimate of drug-likeness (QED) is 0.853. The van der Waals surface area contributed by atoms with Gasteiger partial charge < -0.3 is 14.4 Å². The Morgan fingerprint density at radius 1 is 1.17 bits per heavy atom. The highest BCUT2D eigenvalue weighted by atomic mass is 16.5. The van der Waals surface area contributed by atoms with Crippen LogP contribution in [-0.2, 0) is 11.3 Å². The Morgan fingerprint density at radius 3 is 2.57 bits per heavy atom. The second kappa shape index (κ2) is 6.32. The number of hydrogen-bond donors (Lipinski definition) is 0. The molecule has 4 heteroatoms. The van der Waals surface area contributed by atoms with Crippen LogP contribution in [-0.4, -0.2) is 31.1 Å². The van der Waals surface area contributed by atoms with E-state index < -0.39 is 0 Å². The fourth-order valence-electron chi connectivity index (χ4n) is 2.82. The van der Waals surface area contributed by atoms with Gasteiger partial charge in [0.15, 0.2) is 11.5 Å². The largest absolute Gasteiger partial charge is 0.493 e. The molecule has 0 radical (unpaired) electrons. The Labute approximate surface area is 136 Å². The van der Waals surface area contributed by atoms with E-state index in [-0.39, 0.29) is 5.91 Å². The van der Waals surface area contributed by atoms with Crippen LogP contribution in [0.2, 0.25) is 0 Å². The van der Waals surface area contributed by atoms with E-state index in [4.69, 9.17) is 9.47 Å². The van der Waals surface area contributed by atoms with Crippen LogP contribution in [0.4, 0.5) is 0 Å².